The summed E-state index contributed by atoms with van der Waals surface area (Å²) in [6.07, 6.45) is 0.564. The average Bonchev–Trinajstić information content (AvgIpc) is 2.60. The first-order valence-corrected chi connectivity index (χ1v) is 8.79. The summed E-state index contributed by atoms with van der Waals surface area (Å²) < 4.78 is 26.3. The molecule has 0 bridgehead atoms. The van der Waals surface area contributed by atoms with E-state index in [4.69, 9.17) is 0 Å². The Balaban J connectivity index is 1.50. The quantitative estimate of drug-likeness (QED) is 0.770. The van der Waals surface area contributed by atoms with Crippen LogP contribution in [0.1, 0.15) is 21.5 Å². The van der Waals surface area contributed by atoms with Crippen molar-refractivity contribution in [2.75, 3.05) is 13.1 Å². The number of nitrogens with one attached hydrogen (secondary N) is 1. The lowest BCUT2D eigenvalue weighted by molar-refractivity contribution is 0.0498. The molecule has 1 fully saturated rings. The minimum absolute atomic E-state index is 0.165. The van der Waals surface area contributed by atoms with Crippen LogP contribution in [0.5, 0.6) is 0 Å². The summed E-state index contributed by atoms with van der Waals surface area (Å²) in [5.41, 5.74) is 1.85. The summed E-state index contributed by atoms with van der Waals surface area (Å²) in [5, 5.41) is 0.847. The van der Waals surface area contributed by atoms with Crippen LogP contribution in [-0.4, -0.2) is 28.9 Å². The van der Waals surface area contributed by atoms with Gasteiger partial charge < -0.3 is 9.88 Å². The van der Waals surface area contributed by atoms with E-state index in [0.29, 0.717) is 36.2 Å². The van der Waals surface area contributed by atoms with Gasteiger partial charge in [-0.15, -0.1) is 0 Å². The topological polar surface area (TPSA) is 53.2 Å². The Bertz CT molecular complexity index is 1100. The van der Waals surface area contributed by atoms with E-state index in [2.05, 4.69) is 4.98 Å². The van der Waals surface area contributed by atoms with Crippen LogP contribution in [0.2, 0.25) is 0 Å². The Kier molecular flexibility index (Phi) is 4.26. The van der Waals surface area contributed by atoms with Gasteiger partial charge >= 0.3 is 0 Å². The maximum absolute atomic E-state index is 13.3. The van der Waals surface area contributed by atoms with E-state index >= 15 is 0 Å². The van der Waals surface area contributed by atoms with Crippen molar-refractivity contribution in [2.45, 2.75) is 13.3 Å². The molecular formula is C21H18F2N2O2. The van der Waals surface area contributed by atoms with E-state index in [1.165, 1.54) is 6.07 Å². The number of aromatic nitrogens is 1. The Morgan fingerprint density at radius 3 is 2.63 bits per heavy atom. The SMILES string of the molecule is Cc1c(C(=O)N2CC(Cc3ccc(F)c(F)c3)C2)c(=O)[nH]c2ccccc12. The predicted molar refractivity (Wildman–Crippen MR) is 98.8 cm³/mol. The minimum Gasteiger partial charge on any atom is -0.338 e. The molecule has 4 nitrogen and oxygen atoms in total. The van der Waals surface area contributed by atoms with Gasteiger partial charge in [-0.2, -0.15) is 0 Å². The molecule has 0 radical (unpaired) electrons. The van der Waals surface area contributed by atoms with Crippen molar-refractivity contribution in [1.82, 2.24) is 9.88 Å². The van der Waals surface area contributed by atoms with Gasteiger partial charge in [-0.3, -0.25) is 9.59 Å². The van der Waals surface area contributed by atoms with E-state index in [1.54, 1.807) is 24.0 Å². The standard InChI is InChI=1S/C21H18F2N2O2/c1-12-15-4-2-3-5-18(15)24-20(26)19(12)21(27)25-10-14(11-25)8-13-6-7-16(22)17(23)9-13/h2-7,9,14H,8,10-11H2,1H3,(H,24,26). The number of nitrogens with zero attached hydrogens (tertiary/aromatic N) is 1. The van der Waals surface area contributed by atoms with Crippen molar-refractivity contribution in [3.63, 3.8) is 0 Å². The summed E-state index contributed by atoms with van der Waals surface area (Å²) in [7, 11) is 0. The van der Waals surface area contributed by atoms with Gasteiger partial charge in [0.05, 0.1) is 0 Å². The monoisotopic (exact) mass is 368 g/mol. The van der Waals surface area contributed by atoms with Gasteiger partial charge in [0.15, 0.2) is 11.6 Å². The number of aromatic amines is 1. The molecule has 2 aromatic carbocycles. The number of hydrogen-bond donors (Lipinski definition) is 1. The van der Waals surface area contributed by atoms with Gasteiger partial charge in [0.2, 0.25) is 0 Å². The molecule has 2 heterocycles. The van der Waals surface area contributed by atoms with E-state index < -0.39 is 11.6 Å². The molecule has 3 aromatic rings. The number of carbonyl (C=O) groups excluding carboxylic acids is 1. The van der Waals surface area contributed by atoms with Crippen LogP contribution in [-0.2, 0) is 6.42 Å². The molecule has 1 aromatic heterocycles. The second kappa shape index (κ2) is 6.61. The average molecular weight is 368 g/mol. The van der Waals surface area contributed by atoms with Crippen molar-refractivity contribution in [2.24, 2.45) is 5.92 Å². The smallest absolute Gasteiger partial charge is 0.261 e. The number of fused-ring (bicyclic) bond motifs is 1. The molecule has 1 N–H and O–H groups in total. The lowest BCUT2D eigenvalue weighted by Crippen LogP contribution is -2.52. The molecular weight excluding hydrogens is 350 g/mol. The van der Waals surface area contributed by atoms with Crippen LogP contribution in [0.15, 0.2) is 47.3 Å². The van der Waals surface area contributed by atoms with Gasteiger partial charge in [0, 0.05) is 24.0 Å². The second-order valence-corrected chi connectivity index (χ2v) is 7.03. The molecule has 1 saturated heterocycles. The highest BCUT2D eigenvalue weighted by Crippen LogP contribution is 2.25. The summed E-state index contributed by atoms with van der Waals surface area (Å²) in [6.45, 7) is 2.76. The number of benzene rings is 2. The molecule has 0 unspecified atom stereocenters. The summed E-state index contributed by atoms with van der Waals surface area (Å²) in [4.78, 5) is 29.6. The lowest BCUT2D eigenvalue weighted by atomic mass is 9.91. The molecule has 4 rings (SSSR count). The normalized spacial score (nSPS) is 14.4. The first kappa shape index (κ1) is 17.4. The molecule has 0 saturated carbocycles. The van der Waals surface area contributed by atoms with Crippen LogP contribution in [0, 0.1) is 24.5 Å². The van der Waals surface area contributed by atoms with Gasteiger partial charge in [-0.25, -0.2) is 8.78 Å². The molecule has 138 valence electrons. The number of rotatable bonds is 3. The Morgan fingerprint density at radius 1 is 1.15 bits per heavy atom. The van der Waals surface area contributed by atoms with Crippen LogP contribution in [0.4, 0.5) is 8.78 Å². The number of amides is 1. The van der Waals surface area contributed by atoms with E-state index in [0.717, 1.165) is 11.5 Å². The molecule has 27 heavy (non-hydrogen) atoms. The second-order valence-electron chi connectivity index (χ2n) is 7.03. The first-order chi connectivity index (χ1) is 12.9. The summed E-state index contributed by atoms with van der Waals surface area (Å²) in [6, 6.07) is 11.2. The lowest BCUT2D eigenvalue weighted by Gasteiger charge is -2.39. The van der Waals surface area contributed by atoms with Crippen LogP contribution >= 0.6 is 0 Å². The maximum Gasteiger partial charge on any atom is 0.261 e. The van der Waals surface area contributed by atoms with Gasteiger partial charge in [-0.05, 0) is 48.6 Å². The largest absolute Gasteiger partial charge is 0.338 e. The van der Waals surface area contributed by atoms with Crippen molar-refractivity contribution in [1.29, 1.82) is 0 Å². The highest BCUT2D eigenvalue weighted by molar-refractivity contribution is 6.00. The number of halogens is 2. The van der Waals surface area contributed by atoms with Crippen molar-refractivity contribution >= 4 is 16.8 Å². The van der Waals surface area contributed by atoms with Crippen LogP contribution < -0.4 is 5.56 Å². The fourth-order valence-corrected chi connectivity index (χ4v) is 3.69. The number of hydrogen-bond acceptors (Lipinski definition) is 2. The predicted octanol–water partition coefficient (Wildman–Crippen LogP) is 3.43. The van der Waals surface area contributed by atoms with Crippen molar-refractivity contribution in [3.05, 3.63) is 81.1 Å². The summed E-state index contributed by atoms with van der Waals surface area (Å²) >= 11 is 0. The number of para-hydroxylation sites is 1. The zero-order valence-corrected chi connectivity index (χ0v) is 14.8. The van der Waals surface area contributed by atoms with Gasteiger partial charge in [0.1, 0.15) is 5.56 Å². The Hall–Kier alpha value is -3.02. The van der Waals surface area contributed by atoms with E-state index in [9.17, 15) is 18.4 Å². The van der Waals surface area contributed by atoms with Crippen LogP contribution in [0.3, 0.4) is 0 Å². The summed E-state index contributed by atoms with van der Waals surface area (Å²) in [5.74, 6) is -1.85. The number of likely N-dealkylation sites (tertiary alicyclic amines) is 1. The number of H-pyrrole nitrogens is 1. The zero-order chi connectivity index (χ0) is 19.1. The van der Waals surface area contributed by atoms with Gasteiger partial charge in [0.25, 0.3) is 11.5 Å². The van der Waals surface area contributed by atoms with Crippen LogP contribution in [0.25, 0.3) is 10.9 Å². The molecule has 0 spiro atoms. The molecule has 1 aliphatic rings. The third-order valence-electron chi connectivity index (χ3n) is 5.15. The molecule has 0 aliphatic carbocycles. The first-order valence-electron chi connectivity index (χ1n) is 8.79. The third-order valence-corrected chi connectivity index (χ3v) is 5.15. The molecule has 1 aliphatic heterocycles. The van der Waals surface area contributed by atoms with Gasteiger partial charge in [-0.1, -0.05) is 24.3 Å². The Labute approximate surface area is 154 Å². The highest BCUT2D eigenvalue weighted by atomic mass is 19.2. The third kappa shape index (κ3) is 3.12. The number of aryl methyl sites for hydroxylation is 1. The molecule has 0 atom stereocenters. The van der Waals surface area contributed by atoms with E-state index in [1.807, 2.05) is 18.2 Å². The minimum atomic E-state index is -0.866. The fraction of sp³-hybridized carbons (Fsp3) is 0.238. The highest BCUT2D eigenvalue weighted by Gasteiger charge is 2.33. The van der Waals surface area contributed by atoms with Crippen molar-refractivity contribution < 1.29 is 13.6 Å². The van der Waals surface area contributed by atoms with Crippen molar-refractivity contribution in [3.8, 4) is 0 Å². The maximum atomic E-state index is 13.3. The number of carbonyl (C=O) groups is 1. The fourth-order valence-electron chi connectivity index (χ4n) is 3.69. The number of pyridine rings is 1. The van der Waals surface area contributed by atoms with E-state index in [-0.39, 0.29) is 22.9 Å². The Morgan fingerprint density at radius 2 is 1.89 bits per heavy atom. The zero-order valence-electron chi connectivity index (χ0n) is 14.8. The molecule has 6 heteroatoms. The molecule has 1 amide bonds.